The van der Waals surface area contributed by atoms with Gasteiger partial charge in [-0.1, -0.05) is 42.5 Å². The molecule has 1 aliphatic carbocycles. The molecule has 2 aliphatic rings. The third-order valence-electron chi connectivity index (χ3n) is 4.81. The van der Waals surface area contributed by atoms with Gasteiger partial charge in [0.15, 0.2) is 0 Å². The van der Waals surface area contributed by atoms with Crippen molar-refractivity contribution in [3.05, 3.63) is 48.0 Å². The van der Waals surface area contributed by atoms with Crippen LogP contribution in [-0.4, -0.2) is 47.8 Å². The number of nitrogens with zero attached hydrogens (tertiary/aromatic N) is 1. The number of likely N-dealkylation sites (tertiary alicyclic amines) is 1. The number of aliphatic hydroxyl groups excluding tert-OH is 1. The van der Waals surface area contributed by atoms with Gasteiger partial charge in [0.1, 0.15) is 0 Å². The average Bonchev–Trinajstić information content (AvgIpc) is 3.03. The van der Waals surface area contributed by atoms with Crippen LogP contribution in [0.25, 0.3) is 0 Å². The fraction of sp³-hybridized carbons (Fsp3) is 0.526. The topological polar surface area (TPSA) is 64.6 Å². The van der Waals surface area contributed by atoms with Gasteiger partial charge in [0.05, 0.1) is 0 Å². The second-order valence-electron chi connectivity index (χ2n) is 6.85. The highest BCUT2D eigenvalue weighted by atomic mass is 16.3. The first-order valence-corrected chi connectivity index (χ1v) is 8.85. The lowest BCUT2D eigenvalue weighted by Crippen LogP contribution is -2.51. The fourth-order valence-corrected chi connectivity index (χ4v) is 3.57. The lowest BCUT2D eigenvalue weighted by molar-refractivity contribution is 0.179. The minimum atomic E-state index is -0.102. The summed E-state index contributed by atoms with van der Waals surface area (Å²) in [5.41, 5.74) is 1.31. The van der Waals surface area contributed by atoms with E-state index >= 15 is 0 Å². The van der Waals surface area contributed by atoms with Gasteiger partial charge in [-0.15, -0.1) is 0 Å². The molecule has 5 heteroatoms. The van der Waals surface area contributed by atoms with Crippen LogP contribution >= 0.6 is 0 Å². The summed E-state index contributed by atoms with van der Waals surface area (Å²) >= 11 is 0. The SMILES string of the molecule is O=C(NC1CCCN(Cc2ccccc2)C1)N[C@@H]1C=C[C@H](CO)C1. The molecule has 1 aromatic rings. The Morgan fingerprint density at radius 3 is 2.79 bits per heavy atom. The van der Waals surface area contributed by atoms with Crippen LogP contribution in [0.2, 0.25) is 0 Å². The largest absolute Gasteiger partial charge is 0.396 e. The van der Waals surface area contributed by atoms with Gasteiger partial charge < -0.3 is 15.7 Å². The molecule has 3 atom stereocenters. The van der Waals surface area contributed by atoms with Crippen molar-refractivity contribution in [2.45, 2.75) is 37.9 Å². The summed E-state index contributed by atoms with van der Waals surface area (Å²) in [6, 6.07) is 10.6. The molecule has 0 bridgehead atoms. The van der Waals surface area contributed by atoms with Crippen molar-refractivity contribution in [2.75, 3.05) is 19.7 Å². The molecular formula is C19H27N3O2. The van der Waals surface area contributed by atoms with Gasteiger partial charge >= 0.3 is 6.03 Å². The van der Waals surface area contributed by atoms with E-state index in [1.165, 1.54) is 5.56 Å². The van der Waals surface area contributed by atoms with Gasteiger partial charge in [0.25, 0.3) is 0 Å². The van der Waals surface area contributed by atoms with Crippen molar-refractivity contribution in [1.82, 2.24) is 15.5 Å². The molecule has 3 N–H and O–H groups in total. The van der Waals surface area contributed by atoms with Gasteiger partial charge in [-0.2, -0.15) is 0 Å². The molecule has 1 fully saturated rings. The van der Waals surface area contributed by atoms with E-state index in [0.717, 1.165) is 38.9 Å². The molecule has 1 heterocycles. The number of carbonyl (C=O) groups excluding carboxylic acids is 1. The highest BCUT2D eigenvalue weighted by Gasteiger charge is 2.24. The monoisotopic (exact) mass is 329 g/mol. The molecule has 3 rings (SSSR count). The lowest BCUT2D eigenvalue weighted by atomic mass is 10.0. The van der Waals surface area contributed by atoms with Gasteiger partial charge in [-0.05, 0) is 31.4 Å². The van der Waals surface area contributed by atoms with E-state index in [2.05, 4.69) is 39.8 Å². The molecule has 130 valence electrons. The number of carbonyl (C=O) groups is 1. The normalized spacial score (nSPS) is 27.1. The van der Waals surface area contributed by atoms with Crippen molar-refractivity contribution in [3.8, 4) is 0 Å². The van der Waals surface area contributed by atoms with Crippen molar-refractivity contribution in [1.29, 1.82) is 0 Å². The quantitative estimate of drug-likeness (QED) is 0.723. The van der Waals surface area contributed by atoms with Crippen molar-refractivity contribution < 1.29 is 9.90 Å². The highest BCUT2D eigenvalue weighted by molar-refractivity contribution is 5.75. The molecule has 1 unspecified atom stereocenters. The molecule has 2 amide bonds. The van der Waals surface area contributed by atoms with Crippen LogP contribution < -0.4 is 10.6 Å². The second-order valence-corrected chi connectivity index (χ2v) is 6.85. The van der Waals surface area contributed by atoms with Gasteiger partial charge in [0, 0.05) is 37.7 Å². The fourth-order valence-electron chi connectivity index (χ4n) is 3.57. The molecule has 1 saturated heterocycles. The molecule has 0 saturated carbocycles. The van der Waals surface area contributed by atoms with Gasteiger partial charge in [-0.25, -0.2) is 4.79 Å². The predicted molar refractivity (Wildman–Crippen MR) is 94.5 cm³/mol. The van der Waals surface area contributed by atoms with Crippen LogP contribution in [-0.2, 0) is 6.54 Å². The third-order valence-corrected chi connectivity index (χ3v) is 4.81. The first-order valence-electron chi connectivity index (χ1n) is 8.85. The summed E-state index contributed by atoms with van der Waals surface area (Å²) in [5, 5.41) is 15.2. The number of amides is 2. The highest BCUT2D eigenvalue weighted by Crippen LogP contribution is 2.17. The molecule has 24 heavy (non-hydrogen) atoms. The van der Waals surface area contributed by atoms with Crippen LogP contribution in [0.15, 0.2) is 42.5 Å². The van der Waals surface area contributed by atoms with Gasteiger partial charge in [-0.3, -0.25) is 4.90 Å². The third kappa shape index (κ3) is 4.82. The zero-order valence-electron chi connectivity index (χ0n) is 14.0. The van der Waals surface area contributed by atoms with E-state index in [9.17, 15) is 4.79 Å². The Morgan fingerprint density at radius 2 is 2.04 bits per heavy atom. The number of hydrogen-bond donors (Lipinski definition) is 3. The molecule has 5 nitrogen and oxygen atoms in total. The van der Waals surface area contributed by atoms with E-state index in [1.54, 1.807) is 0 Å². The Morgan fingerprint density at radius 1 is 1.21 bits per heavy atom. The van der Waals surface area contributed by atoms with E-state index in [1.807, 2.05) is 18.2 Å². The standard InChI is InChI=1S/C19H27N3O2/c23-14-16-8-9-17(11-16)20-19(24)21-18-7-4-10-22(13-18)12-15-5-2-1-3-6-15/h1-3,5-6,8-9,16-18,23H,4,7,10-14H2,(H2,20,21,24)/t16-,17+,18?/m0/s1. The summed E-state index contributed by atoms with van der Waals surface area (Å²) < 4.78 is 0. The number of rotatable bonds is 5. The number of hydrogen-bond acceptors (Lipinski definition) is 3. The van der Waals surface area contributed by atoms with Crippen molar-refractivity contribution in [2.24, 2.45) is 5.92 Å². The maximum atomic E-state index is 12.2. The Kier molecular flexibility index (Phi) is 5.88. The minimum absolute atomic E-state index is 0.0335. The maximum absolute atomic E-state index is 12.2. The molecular weight excluding hydrogens is 302 g/mol. The molecule has 1 aliphatic heterocycles. The van der Waals surface area contributed by atoms with E-state index in [0.29, 0.717) is 0 Å². The number of nitrogens with one attached hydrogen (secondary N) is 2. The Bertz CT molecular complexity index is 561. The lowest BCUT2D eigenvalue weighted by Gasteiger charge is -2.33. The van der Waals surface area contributed by atoms with Crippen LogP contribution in [0.1, 0.15) is 24.8 Å². The van der Waals surface area contributed by atoms with Crippen LogP contribution in [0, 0.1) is 5.92 Å². The number of piperidine rings is 1. The molecule has 1 aromatic carbocycles. The summed E-state index contributed by atoms with van der Waals surface area (Å²) in [4.78, 5) is 14.6. The molecule has 0 aromatic heterocycles. The Labute approximate surface area is 143 Å². The van der Waals surface area contributed by atoms with E-state index in [4.69, 9.17) is 5.11 Å². The molecule has 0 radical (unpaired) electrons. The summed E-state index contributed by atoms with van der Waals surface area (Å²) in [5.74, 6) is 0.173. The molecule has 0 spiro atoms. The number of aliphatic hydroxyl groups is 1. The summed E-state index contributed by atoms with van der Waals surface area (Å²) in [7, 11) is 0. The van der Waals surface area contributed by atoms with E-state index in [-0.39, 0.29) is 30.6 Å². The van der Waals surface area contributed by atoms with Gasteiger partial charge in [0.2, 0.25) is 0 Å². The smallest absolute Gasteiger partial charge is 0.315 e. The minimum Gasteiger partial charge on any atom is -0.396 e. The Balaban J connectivity index is 1.43. The first-order chi connectivity index (χ1) is 11.7. The van der Waals surface area contributed by atoms with Crippen LogP contribution in [0.3, 0.4) is 0 Å². The van der Waals surface area contributed by atoms with Crippen LogP contribution in [0.4, 0.5) is 4.79 Å². The van der Waals surface area contributed by atoms with E-state index < -0.39 is 0 Å². The Hall–Kier alpha value is -1.85. The second kappa shape index (κ2) is 8.31. The predicted octanol–water partition coefficient (Wildman–Crippen LogP) is 1.89. The number of urea groups is 1. The van der Waals surface area contributed by atoms with Crippen molar-refractivity contribution in [3.63, 3.8) is 0 Å². The zero-order chi connectivity index (χ0) is 16.8. The van der Waals surface area contributed by atoms with Crippen LogP contribution in [0.5, 0.6) is 0 Å². The van der Waals surface area contributed by atoms with Crippen molar-refractivity contribution >= 4 is 6.03 Å². The summed E-state index contributed by atoms with van der Waals surface area (Å²) in [6.07, 6.45) is 6.87. The zero-order valence-corrected chi connectivity index (χ0v) is 14.0. The first kappa shape index (κ1) is 17.0. The average molecular weight is 329 g/mol. The number of benzene rings is 1. The maximum Gasteiger partial charge on any atom is 0.315 e. The summed E-state index contributed by atoms with van der Waals surface area (Å²) in [6.45, 7) is 3.05.